The highest BCUT2D eigenvalue weighted by Crippen LogP contribution is 2.26. The minimum Gasteiger partial charge on any atom is -0.381 e. The third-order valence-corrected chi connectivity index (χ3v) is 3.17. The molecule has 0 spiro atoms. The van der Waals surface area contributed by atoms with Crippen molar-refractivity contribution in [1.29, 1.82) is 0 Å². The molecule has 4 nitrogen and oxygen atoms in total. The van der Waals surface area contributed by atoms with Crippen molar-refractivity contribution in [3.8, 4) is 0 Å². The molecule has 2 heterocycles. The van der Waals surface area contributed by atoms with Gasteiger partial charge in [0, 0.05) is 38.1 Å². The molecule has 1 aromatic heterocycles. The Bertz CT molecular complexity index is 318. The fraction of sp³-hybridized carbons (Fsp3) is 0.750. The summed E-state index contributed by atoms with van der Waals surface area (Å²) in [5, 5.41) is 7.77. The Morgan fingerprint density at radius 3 is 3.12 bits per heavy atom. The zero-order valence-electron chi connectivity index (χ0n) is 10.1. The zero-order chi connectivity index (χ0) is 11.4. The van der Waals surface area contributed by atoms with Crippen molar-refractivity contribution in [2.45, 2.75) is 25.8 Å². The molecule has 2 rings (SSSR count). The van der Waals surface area contributed by atoms with Crippen LogP contribution in [-0.4, -0.2) is 29.5 Å². The third kappa shape index (κ3) is 2.83. The van der Waals surface area contributed by atoms with E-state index in [0.717, 1.165) is 26.2 Å². The van der Waals surface area contributed by atoms with E-state index in [4.69, 9.17) is 4.74 Å². The SMILES string of the molecule is CCNC(CC1CCOC1)c1cnn(C)c1. The van der Waals surface area contributed by atoms with E-state index in [1.165, 1.54) is 12.0 Å². The standard InChI is InChI=1S/C12H21N3O/c1-3-13-12(6-10-4-5-16-9-10)11-7-14-15(2)8-11/h7-8,10,12-13H,3-6,9H2,1-2H3. The van der Waals surface area contributed by atoms with E-state index in [1.54, 1.807) is 0 Å². The van der Waals surface area contributed by atoms with E-state index in [1.807, 2.05) is 17.9 Å². The van der Waals surface area contributed by atoms with Crippen molar-refractivity contribution in [1.82, 2.24) is 15.1 Å². The van der Waals surface area contributed by atoms with Crippen LogP contribution in [0.4, 0.5) is 0 Å². The molecular weight excluding hydrogens is 202 g/mol. The lowest BCUT2D eigenvalue weighted by atomic mass is 9.96. The van der Waals surface area contributed by atoms with Crippen LogP contribution in [-0.2, 0) is 11.8 Å². The first kappa shape index (κ1) is 11.6. The summed E-state index contributed by atoms with van der Waals surface area (Å²) in [4.78, 5) is 0. The highest BCUT2D eigenvalue weighted by molar-refractivity contribution is 5.10. The monoisotopic (exact) mass is 223 g/mol. The predicted molar refractivity (Wildman–Crippen MR) is 63.2 cm³/mol. The molecular formula is C12H21N3O. The molecule has 0 saturated carbocycles. The second kappa shape index (κ2) is 5.46. The molecule has 2 unspecified atom stereocenters. The maximum Gasteiger partial charge on any atom is 0.0537 e. The van der Waals surface area contributed by atoms with E-state index < -0.39 is 0 Å². The largest absolute Gasteiger partial charge is 0.381 e. The summed E-state index contributed by atoms with van der Waals surface area (Å²) < 4.78 is 7.29. The molecule has 1 aliphatic heterocycles. The fourth-order valence-corrected chi connectivity index (χ4v) is 2.31. The molecule has 1 saturated heterocycles. The average Bonchev–Trinajstić information content (AvgIpc) is 2.88. The van der Waals surface area contributed by atoms with Gasteiger partial charge < -0.3 is 10.1 Å². The second-order valence-electron chi connectivity index (χ2n) is 4.52. The topological polar surface area (TPSA) is 39.1 Å². The van der Waals surface area contributed by atoms with E-state index >= 15 is 0 Å². The number of ether oxygens (including phenoxy) is 1. The Hall–Kier alpha value is -0.870. The second-order valence-corrected chi connectivity index (χ2v) is 4.52. The Balaban J connectivity index is 1.98. The van der Waals surface area contributed by atoms with Gasteiger partial charge in [-0.1, -0.05) is 6.92 Å². The molecule has 1 N–H and O–H groups in total. The Morgan fingerprint density at radius 1 is 1.69 bits per heavy atom. The van der Waals surface area contributed by atoms with Crippen LogP contribution < -0.4 is 5.32 Å². The lowest BCUT2D eigenvalue weighted by Crippen LogP contribution is -2.23. The summed E-state index contributed by atoms with van der Waals surface area (Å²) in [6.45, 7) is 4.99. The van der Waals surface area contributed by atoms with E-state index in [0.29, 0.717) is 12.0 Å². The zero-order valence-corrected chi connectivity index (χ0v) is 10.1. The highest BCUT2D eigenvalue weighted by Gasteiger charge is 2.21. The quantitative estimate of drug-likeness (QED) is 0.822. The van der Waals surface area contributed by atoms with Gasteiger partial charge in [-0.15, -0.1) is 0 Å². The summed E-state index contributed by atoms with van der Waals surface area (Å²) >= 11 is 0. The van der Waals surface area contributed by atoms with Gasteiger partial charge in [-0.25, -0.2) is 0 Å². The van der Waals surface area contributed by atoms with E-state index in [9.17, 15) is 0 Å². The van der Waals surface area contributed by atoms with E-state index in [2.05, 4.69) is 23.5 Å². The smallest absolute Gasteiger partial charge is 0.0537 e. The van der Waals surface area contributed by atoms with Crippen LogP contribution in [0.25, 0.3) is 0 Å². The minimum atomic E-state index is 0.422. The lowest BCUT2D eigenvalue weighted by molar-refractivity contribution is 0.181. The average molecular weight is 223 g/mol. The number of hydrogen-bond donors (Lipinski definition) is 1. The molecule has 4 heteroatoms. The summed E-state index contributed by atoms with van der Waals surface area (Å²) in [5.74, 6) is 0.698. The van der Waals surface area contributed by atoms with Crippen LogP contribution in [0.3, 0.4) is 0 Å². The molecule has 0 aliphatic carbocycles. The number of nitrogens with zero attached hydrogens (tertiary/aromatic N) is 2. The van der Waals surface area contributed by atoms with Crippen molar-refractivity contribution in [3.05, 3.63) is 18.0 Å². The summed E-state index contributed by atoms with van der Waals surface area (Å²) in [7, 11) is 1.96. The molecule has 1 aliphatic rings. The maximum atomic E-state index is 5.43. The van der Waals surface area contributed by atoms with Crippen LogP contribution in [0.5, 0.6) is 0 Å². The number of aromatic nitrogens is 2. The van der Waals surface area contributed by atoms with Crippen molar-refractivity contribution < 1.29 is 4.74 Å². The molecule has 0 bridgehead atoms. The van der Waals surface area contributed by atoms with Gasteiger partial charge in [0.1, 0.15) is 0 Å². The first-order valence-corrected chi connectivity index (χ1v) is 6.09. The van der Waals surface area contributed by atoms with Gasteiger partial charge in [0.2, 0.25) is 0 Å². The number of rotatable bonds is 5. The van der Waals surface area contributed by atoms with Crippen molar-refractivity contribution in [3.63, 3.8) is 0 Å². The van der Waals surface area contributed by atoms with Gasteiger partial charge >= 0.3 is 0 Å². The predicted octanol–water partition coefficient (Wildman–Crippen LogP) is 1.50. The Labute approximate surface area is 97.0 Å². The molecule has 0 aromatic carbocycles. The molecule has 1 aromatic rings. The first-order chi connectivity index (χ1) is 7.79. The van der Waals surface area contributed by atoms with Crippen molar-refractivity contribution in [2.75, 3.05) is 19.8 Å². The van der Waals surface area contributed by atoms with Crippen molar-refractivity contribution in [2.24, 2.45) is 13.0 Å². The van der Waals surface area contributed by atoms with E-state index in [-0.39, 0.29) is 0 Å². The number of aryl methyl sites for hydroxylation is 1. The molecule has 0 amide bonds. The van der Waals surface area contributed by atoms with Gasteiger partial charge in [-0.3, -0.25) is 4.68 Å². The van der Waals surface area contributed by atoms with Crippen LogP contribution in [0, 0.1) is 5.92 Å². The highest BCUT2D eigenvalue weighted by atomic mass is 16.5. The number of hydrogen-bond acceptors (Lipinski definition) is 3. The van der Waals surface area contributed by atoms with Crippen LogP contribution in [0.15, 0.2) is 12.4 Å². The van der Waals surface area contributed by atoms with Gasteiger partial charge in [0.25, 0.3) is 0 Å². The summed E-state index contributed by atoms with van der Waals surface area (Å²) in [6, 6.07) is 0.422. The van der Waals surface area contributed by atoms with Crippen molar-refractivity contribution >= 4 is 0 Å². The van der Waals surface area contributed by atoms with Gasteiger partial charge in [-0.05, 0) is 25.3 Å². The summed E-state index contributed by atoms with van der Waals surface area (Å²) in [5.41, 5.74) is 1.29. The van der Waals surface area contributed by atoms with Crippen LogP contribution in [0.1, 0.15) is 31.4 Å². The third-order valence-electron chi connectivity index (χ3n) is 3.17. The molecule has 0 radical (unpaired) electrons. The maximum absolute atomic E-state index is 5.43. The van der Waals surface area contributed by atoms with Crippen LogP contribution in [0.2, 0.25) is 0 Å². The molecule has 90 valence electrons. The number of nitrogens with one attached hydrogen (secondary N) is 1. The van der Waals surface area contributed by atoms with Gasteiger partial charge in [0.15, 0.2) is 0 Å². The molecule has 1 fully saturated rings. The fourth-order valence-electron chi connectivity index (χ4n) is 2.31. The Kier molecular flexibility index (Phi) is 3.96. The lowest BCUT2D eigenvalue weighted by Gasteiger charge is -2.19. The van der Waals surface area contributed by atoms with Crippen LogP contribution >= 0.6 is 0 Å². The summed E-state index contributed by atoms with van der Waals surface area (Å²) in [6.07, 6.45) is 6.41. The minimum absolute atomic E-state index is 0.422. The normalized spacial score (nSPS) is 22.5. The Morgan fingerprint density at radius 2 is 2.56 bits per heavy atom. The molecule has 2 atom stereocenters. The van der Waals surface area contributed by atoms with Gasteiger partial charge in [0.05, 0.1) is 6.20 Å². The molecule has 16 heavy (non-hydrogen) atoms. The van der Waals surface area contributed by atoms with Gasteiger partial charge in [-0.2, -0.15) is 5.10 Å². The first-order valence-electron chi connectivity index (χ1n) is 6.09.